The number of rotatable bonds is 3. The first-order valence-corrected chi connectivity index (χ1v) is 7.75. The van der Waals surface area contributed by atoms with Gasteiger partial charge in [0.25, 0.3) is 0 Å². The Balaban J connectivity index is 1.81. The van der Waals surface area contributed by atoms with E-state index >= 15 is 0 Å². The lowest BCUT2D eigenvalue weighted by Gasteiger charge is -2.36. The lowest BCUT2D eigenvalue weighted by Crippen LogP contribution is -2.51. The number of carbonyl (C=O) groups is 2. The maximum atomic E-state index is 12.3. The van der Waals surface area contributed by atoms with Gasteiger partial charge in [-0.05, 0) is 18.8 Å². The lowest BCUT2D eigenvalue weighted by molar-refractivity contribution is -0.165. The van der Waals surface area contributed by atoms with E-state index in [0.717, 1.165) is 12.8 Å². The smallest absolute Gasteiger partial charge is 0.335 e. The van der Waals surface area contributed by atoms with Crippen LogP contribution in [-0.4, -0.2) is 45.7 Å². The molecule has 0 unspecified atom stereocenters. The molecule has 2 N–H and O–H groups in total. The minimum Gasteiger partial charge on any atom is -0.479 e. The van der Waals surface area contributed by atoms with Crippen LogP contribution in [0.25, 0.3) is 0 Å². The van der Waals surface area contributed by atoms with Crippen molar-refractivity contribution in [2.24, 2.45) is 5.92 Å². The molecule has 0 aromatic carbocycles. The van der Waals surface area contributed by atoms with E-state index in [2.05, 4.69) is 0 Å². The van der Waals surface area contributed by atoms with E-state index in [1.807, 2.05) is 0 Å². The second-order valence-corrected chi connectivity index (χ2v) is 6.28. The number of amides is 1. The molecular formula is C15H25NO4. The first-order chi connectivity index (χ1) is 9.51. The second kappa shape index (κ2) is 6.57. The zero-order valence-corrected chi connectivity index (χ0v) is 12.0. The highest BCUT2D eigenvalue weighted by Crippen LogP contribution is 2.28. The number of aliphatic hydroxyl groups is 1. The predicted octanol–water partition coefficient (Wildman–Crippen LogP) is 1.79. The molecule has 1 saturated heterocycles. The zero-order chi connectivity index (χ0) is 14.6. The molecule has 1 heterocycles. The van der Waals surface area contributed by atoms with Crippen LogP contribution in [0.2, 0.25) is 0 Å². The van der Waals surface area contributed by atoms with E-state index in [-0.39, 0.29) is 18.7 Å². The summed E-state index contributed by atoms with van der Waals surface area (Å²) in [5, 5.41) is 18.8. The predicted molar refractivity (Wildman–Crippen MR) is 74.2 cm³/mol. The summed E-state index contributed by atoms with van der Waals surface area (Å²) in [5.74, 6) is -0.553. The number of carbonyl (C=O) groups excluding carboxylic acids is 1. The maximum absolute atomic E-state index is 12.3. The highest BCUT2D eigenvalue weighted by molar-refractivity contribution is 5.79. The van der Waals surface area contributed by atoms with Gasteiger partial charge >= 0.3 is 5.97 Å². The SMILES string of the molecule is O=C(CC1CCCCCC1)N1CCC(O)(C(=O)O)CC1. The van der Waals surface area contributed by atoms with Crippen LogP contribution >= 0.6 is 0 Å². The number of hydrogen-bond donors (Lipinski definition) is 2. The molecular weight excluding hydrogens is 258 g/mol. The van der Waals surface area contributed by atoms with Crippen LogP contribution in [0.4, 0.5) is 0 Å². The number of hydrogen-bond acceptors (Lipinski definition) is 3. The van der Waals surface area contributed by atoms with Crippen LogP contribution in [0.1, 0.15) is 57.8 Å². The summed E-state index contributed by atoms with van der Waals surface area (Å²) in [6.45, 7) is 0.711. The first-order valence-electron chi connectivity index (χ1n) is 7.75. The molecule has 0 aromatic heterocycles. The Kier molecular flexibility index (Phi) is 5.02. The normalized spacial score (nSPS) is 24.1. The van der Waals surface area contributed by atoms with Crippen molar-refractivity contribution in [1.82, 2.24) is 4.90 Å². The van der Waals surface area contributed by atoms with Crippen LogP contribution in [0.3, 0.4) is 0 Å². The Labute approximate surface area is 120 Å². The van der Waals surface area contributed by atoms with E-state index < -0.39 is 11.6 Å². The second-order valence-electron chi connectivity index (χ2n) is 6.28. The van der Waals surface area contributed by atoms with Gasteiger partial charge in [-0.2, -0.15) is 0 Å². The fourth-order valence-electron chi connectivity index (χ4n) is 3.28. The van der Waals surface area contributed by atoms with Crippen molar-refractivity contribution in [3.8, 4) is 0 Å². The fourth-order valence-corrected chi connectivity index (χ4v) is 3.28. The van der Waals surface area contributed by atoms with E-state index in [4.69, 9.17) is 5.11 Å². The van der Waals surface area contributed by atoms with E-state index in [0.29, 0.717) is 25.4 Å². The first kappa shape index (κ1) is 15.3. The molecule has 0 aromatic rings. The average molecular weight is 283 g/mol. The van der Waals surface area contributed by atoms with Crippen molar-refractivity contribution >= 4 is 11.9 Å². The van der Waals surface area contributed by atoms with Gasteiger partial charge in [-0.15, -0.1) is 0 Å². The summed E-state index contributed by atoms with van der Waals surface area (Å²) in [5.41, 5.74) is -1.64. The van der Waals surface area contributed by atoms with Crippen molar-refractivity contribution in [1.29, 1.82) is 0 Å². The van der Waals surface area contributed by atoms with Gasteiger partial charge in [0.05, 0.1) is 0 Å². The third-order valence-electron chi connectivity index (χ3n) is 4.78. The molecule has 1 amide bonds. The van der Waals surface area contributed by atoms with Gasteiger partial charge in [-0.3, -0.25) is 4.79 Å². The summed E-state index contributed by atoms with van der Waals surface area (Å²) in [6, 6.07) is 0. The third-order valence-corrected chi connectivity index (χ3v) is 4.78. The molecule has 2 rings (SSSR count). The van der Waals surface area contributed by atoms with Gasteiger partial charge in [-0.25, -0.2) is 4.79 Å². The molecule has 0 atom stereocenters. The molecule has 1 saturated carbocycles. The van der Waals surface area contributed by atoms with Gasteiger partial charge in [-0.1, -0.05) is 25.7 Å². The minimum atomic E-state index is -1.64. The molecule has 114 valence electrons. The van der Waals surface area contributed by atoms with E-state index in [9.17, 15) is 14.7 Å². The lowest BCUT2D eigenvalue weighted by atomic mass is 9.90. The monoisotopic (exact) mass is 283 g/mol. The topological polar surface area (TPSA) is 77.8 Å². The fraction of sp³-hybridized carbons (Fsp3) is 0.867. The van der Waals surface area contributed by atoms with Gasteiger partial charge in [0, 0.05) is 32.4 Å². The molecule has 5 nitrogen and oxygen atoms in total. The number of nitrogens with zero attached hydrogens (tertiary/aromatic N) is 1. The summed E-state index contributed by atoms with van der Waals surface area (Å²) in [7, 11) is 0. The van der Waals surface area contributed by atoms with Crippen molar-refractivity contribution < 1.29 is 19.8 Å². The largest absolute Gasteiger partial charge is 0.479 e. The molecule has 0 bridgehead atoms. The van der Waals surface area contributed by atoms with E-state index in [1.165, 1.54) is 25.7 Å². The van der Waals surface area contributed by atoms with Crippen molar-refractivity contribution in [3.63, 3.8) is 0 Å². The Morgan fingerprint density at radius 1 is 1.05 bits per heavy atom. The third kappa shape index (κ3) is 3.72. The summed E-state index contributed by atoms with van der Waals surface area (Å²) in [4.78, 5) is 24.9. The molecule has 1 aliphatic heterocycles. The molecule has 0 radical (unpaired) electrons. The van der Waals surface area contributed by atoms with Crippen LogP contribution < -0.4 is 0 Å². The van der Waals surface area contributed by atoms with Crippen molar-refractivity contribution in [2.45, 2.75) is 63.4 Å². The molecule has 2 aliphatic rings. The Morgan fingerprint density at radius 2 is 1.60 bits per heavy atom. The summed E-state index contributed by atoms with van der Waals surface area (Å²) in [6.07, 6.45) is 8.13. The molecule has 2 fully saturated rings. The molecule has 5 heteroatoms. The van der Waals surface area contributed by atoms with Crippen molar-refractivity contribution in [2.75, 3.05) is 13.1 Å². The number of likely N-dealkylation sites (tertiary alicyclic amines) is 1. The van der Waals surface area contributed by atoms with Gasteiger partial charge in [0.2, 0.25) is 5.91 Å². The zero-order valence-electron chi connectivity index (χ0n) is 12.0. The standard InChI is InChI=1S/C15H25NO4/c17-13(11-12-5-3-1-2-4-6-12)16-9-7-15(20,8-10-16)14(18)19/h12,20H,1-11H2,(H,18,19). The minimum absolute atomic E-state index is 0.129. The van der Waals surface area contributed by atoms with Crippen LogP contribution in [0, 0.1) is 5.92 Å². The van der Waals surface area contributed by atoms with Crippen molar-refractivity contribution in [3.05, 3.63) is 0 Å². The maximum Gasteiger partial charge on any atom is 0.335 e. The molecule has 0 spiro atoms. The van der Waals surface area contributed by atoms with Crippen LogP contribution in [0.5, 0.6) is 0 Å². The number of carboxylic acids is 1. The quantitative estimate of drug-likeness (QED) is 0.774. The van der Waals surface area contributed by atoms with Crippen LogP contribution in [0.15, 0.2) is 0 Å². The Bertz CT molecular complexity index is 353. The van der Waals surface area contributed by atoms with Gasteiger partial charge < -0.3 is 15.1 Å². The number of aliphatic carboxylic acids is 1. The highest BCUT2D eigenvalue weighted by atomic mass is 16.4. The summed E-state index contributed by atoms with van der Waals surface area (Å²) >= 11 is 0. The Hall–Kier alpha value is -1.10. The number of piperidine rings is 1. The summed E-state index contributed by atoms with van der Waals surface area (Å²) < 4.78 is 0. The van der Waals surface area contributed by atoms with Crippen LogP contribution in [-0.2, 0) is 9.59 Å². The van der Waals surface area contributed by atoms with Gasteiger partial charge in [0.15, 0.2) is 5.60 Å². The van der Waals surface area contributed by atoms with Gasteiger partial charge in [0.1, 0.15) is 0 Å². The average Bonchev–Trinajstić information content (AvgIpc) is 2.68. The highest BCUT2D eigenvalue weighted by Gasteiger charge is 2.40. The molecule has 1 aliphatic carbocycles. The Morgan fingerprint density at radius 3 is 2.10 bits per heavy atom. The number of carboxylic acid groups (broad SMARTS) is 1. The van der Waals surface area contributed by atoms with E-state index in [1.54, 1.807) is 4.90 Å². The molecule has 20 heavy (non-hydrogen) atoms.